The minimum absolute atomic E-state index is 0.156. The quantitative estimate of drug-likeness (QED) is 0.156. The van der Waals surface area contributed by atoms with Gasteiger partial charge in [-0.2, -0.15) is 0 Å². The van der Waals surface area contributed by atoms with Crippen LogP contribution >= 0.6 is 0 Å². The van der Waals surface area contributed by atoms with E-state index >= 15 is 0 Å². The molecule has 0 aliphatic heterocycles. The third-order valence-electron chi connectivity index (χ3n) is 3.55. The standard InChI is InChI=1S/C6H14O3.C6H14O2.2C4H6O2/c1-2-6(3-7,4-8)5-9;1-2-3-4-5-6(7)8;2*1-3(2)4(5)6/h7-9H,2-5H2,1H3;6-8H,2-5H2,1H3;2*1H2,2H3,(H,5,6). The summed E-state index contributed by atoms with van der Waals surface area (Å²) in [6, 6.07) is 0. The molecule has 0 aliphatic carbocycles. The first-order valence-electron chi connectivity index (χ1n) is 9.26. The first kappa shape index (κ1) is 34.7. The van der Waals surface area contributed by atoms with Crippen LogP contribution < -0.4 is 0 Å². The molecule has 0 bridgehead atoms. The van der Waals surface area contributed by atoms with Crippen LogP contribution in [-0.2, 0) is 9.59 Å². The predicted molar refractivity (Wildman–Crippen MR) is 111 cm³/mol. The van der Waals surface area contributed by atoms with Crippen molar-refractivity contribution in [2.24, 2.45) is 5.41 Å². The molecular formula is C20H40O9. The third kappa shape index (κ3) is 28.5. The Morgan fingerprint density at radius 2 is 1.14 bits per heavy atom. The summed E-state index contributed by atoms with van der Waals surface area (Å²) in [6.07, 6.45) is 3.17. The highest BCUT2D eigenvalue weighted by Gasteiger charge is 2.24. The Labute approximate surface area is 173 Å². The van der Waals surface area contributed by atoms with E-state index in [0.717, 1.165) is 19.3 Å². The number of aliphatic hydroxyl groups is 5. The average molecular weight is 425 g/mol. The Kier molecular flexibility index (Phi) is 26.9. The van der Waals surface area contributed by atoms with Gasteiger partial charge in [-0.3, -0.25) is 0 Å². The van der Waals surface area contributed by atoms with E-state index in [9.17, 15) is 9.59 Å². The zero-order valence-corrected chi connectivity index (χ0v) is 18.1. The van der Waals surface area contributed by atoms with E-state index in [2.05, 4.69) is 20.1 Å². The lowest BCUT2D eigenvalue weighted by Crippen LogP contribution is -2.32. The molecule has 0 spiro atoms. The fraction of sp³-hybridized carbons (Fsp3) is 0.700. The fourth-order valence-electron chi connectivity index (χ4n) is 1.06. The van der Waals surface area contributed by atoms with Crippen LogP contribution in [0.1, 0.15) is 59.8 Å². The first-order chi connectivity index (χ1) is 13.3. The van der Waals surface area contributed by atoms with Gasteiger partial charge in [-0.1, -0.05) is 39.8 Å². The van der Waals surface area contributed by atoms with Crippen LogP contribution in [0.2, 0.25) is 0 Å². The van der Waals surface area contributed by atoms with Crippen molar-refractivity contribution < 1.29 is 45.3 Å². The number of hydrogen-bond donors (Lipinski definition) is 7. The van der Waals surface area contributed by atoms with Gasteiger partial charge < -0.3 is 35.7 Å². The van der Waals surface area contributed by atoms with Crippen molar-refractivity contribution >= 4 is 11.9 Å². The molecule has 0 amide bonds. The zero-order valence-electron chi connectivity index (χ0n) is 18.1. The lowest BCUT2D eigenvalue weighted by atomic mass is 9.88. The van der Waals surface area contributed by atoms with E-state index in [1.54, 1.807) is 0 Å². The lowest BCUT2D eigenvalue weighted by molar-refractivity contribution is -0.133. The lowest BCUT2D eigenvalue weighted by Gasteiger charge is -2.24. The summed E-state index contributed by atoms with van der Waals surface area (Å²) in [5.74, 6) is -1.87. The molecule has 29 heavy (non-hydrogen) atoms. The van der Waals surface area contributed by atoms with Crippen molar-refractivity contribution in [1.82, 2.24) is 0 Å². The SMILES string of the molecule is C=C(C)C(=O)O.C=C(C)C(=O)O.CCC(CO)(CO)CO.CCCCCC(O)O. The number of rotatable bonds is 10. The Morgan fingerprint density at radius 3 is 1.24 bits per heavy atom. The highest BCUT2D eigenvalue weighted by Crippen LogP contribution is 2.18. The summed E-state index contributed by atoms with van der Waals surface area (Å²) in [4.78, 5) is 19.2. The first-order valence-corrected chi connectivity index (χ1v) is 9.26. The second kappa shape index (κ2) is 22.5. The monoisotopic (exact) mass is 424 g/mol. The molecule has 9 heteroatoms. The van der Waals surface area contributed by atoms with Gasteiger partial charge >= 0.3 is 11.9 Å². The topological polar surface area (TPSA) is 176 Å². The van der Waals surface area contributed by atoms with Gasteiger partial charge in [-0.15, -0.1) is 0 Å². The smallest absolute Gasteiger partial charge is 0.330 e. The maximum absolute atomic E-state index is 9.60. The fourth-order valence-corrected chi connectivity index (χ4v) is 1.06. The maximum Gasteiger partial charge on any atom is 0.330 e. The van der Waals surface area contributed by atoms with Gasteiger partial charge in [0.25, 0.3) is 0 Å². The highest BCUT2D eigenvalue weighted by molar-refractivity contribution is 5.85. The van der Waals surface area contributed by atoms with E-state index in [1.807, 2.05) is 6.92 Å². The van der Waals surface area contributed by atoms with Crippen LogP contribution in [0.3, 0.4) is 0 Å². The number of carbonyl (C=O) groups is 2. The molecule has 0 rings (SSSR count). The van der Waals surface area contributed by atoms with Crippen molar-refractivity contribution in [2.45, 2.75) is 66.1 Å². The molecule has 0 saturated heterocycles. The molecule has 0 atom stereocenters. The molecule has 0 aromatic heterocycles. The van der Waals surface area contributed by atoms with Crippen LogP contribution in [-0.4, -0.2) is 73.8 Å². The summed E-state index contributed by atoms with van der Waals surface area (Å²) in [6.45, 7) is 12.6. The minimum Gasteiger partial charge on any atom is -0.478 e. The average Bonchev–Trinajstić information content (AvgIpc) is 2.65. The molecule has 0 aliphatic rings. The summed E-state index contributed by atoms with van der Waals surface area (Å²) >= 11 is 0. The molecule has 0 aromatic rings. The molecule has 0 fully saturated rings. The Bertz CT molecular complexity index is 376. The Hall–Kier alpha value is -1.78. The highest BCUT2D eigenvalue weighted by atomic mass is 16.5. The van der Waals surface area contributed by atoms with Crippen molar-refractivity contribution in [3.63, 3.8) is 0 Å². The Morgan fingerprint density at radius 1 is 0.828 bits per heavy atom. The van der Waals surface area contributed by atoms with Gasteiger partial charge in [0.05, 0.1) is 19.8 Å². The van der Waals surface area contributed by atoms with E-state index in [1.165, 1.54) is 13.8 Å². The molecule has 9 nitrogen and oxygen atoms in total. The van der Waals surface area contributed by atoms with Gasteiger partial charge in [0.2, 0.25) is 0 Å². The van der Waals surface area contributed by atoms with Gasteiger partial charge in [0, 0.05) is 16.6 Å². The van der Waals surface area contributed by atoms with Gasteiger partial charge in [0.1, 0.15) is 0 Å². The summed E-state index contributed by atoms with van der Waals surface area (Å²) in [5, 5.41) is 58.4. The summed E-state index contributed by atoms with van der Waals surface area (Å²) in [7, 11) is 0. The van der Waals surface area contributed by atoms with E-state index in [4.69, 9.17) is 35.7 Å². The molecule has 0 saturated carbocycles. The van der Waals surface area contributed by atoms with E-state index < -0.39 is 23.6 Å². The number of unbranched alkanes of at least 4 members (excludes halogenated alkanes) is 2. The van der Waals surface area contributed by atoms with Crippen LogP contribution in [0, 0.1) is 5.41 Å². The molecule has 0 unspecified atom stereocenters. The summed E-state index contributed by atoms with van der Waals surface area (Å²) < 4.78 is 0. The molecular weight excluding hydrogens is 384 g/mol. The van der Waals surface area contributed by atoms with Crippen LogP contribution in [0.15, 0.2) is 24.3 Å². The summed E-state index contributed by atoms with van der Waals surface area (Å²) in [5.41, 5.74) is -0.315. The predicted octanol–water partition coefficient (Wildman–Crippen LogP) is 1.53. The molecule has 7 N–H and O–H groups in total. The van der Waals surface area contributed by atoms with E-state index in [-0.39, 0.29) is 31.0 Å². The Balaban J connectivity index is -0.000000146. The number of carboxylic acid groups (broad SMARTS) is 2. The normalized spacial score (nSPS) is 9.72. The van der Waals surface area contributed by atoms with Gasteiger partial charge in [-0.05, 0) is 33.1 Å². The van der Waals surface area contributed by atoms with Gasteiger partial charge in [0.15, 0.2) is 6.29 Å². The number of aliphatic hydroxyl groups excluding tert-OH is 4. The van der Waals surface area contributed by atoms with Crippen molar-refractivity contribution in [1.29, 1.82) is 0 Å². The van der Waals surface area contributed by atoms with Gasteiger partial charge in [-0.25, -0.2) is 9.59 Å². The van der Waals surface area contributed by atoms with Crippen molar-refractivity contribution in [3.8, 4) is 0 Å². The van der Waals surface area contributed by atoms with Crippen LogP contribution in [0.4, 0.5) is 0 Å². The second-order valence-corrected chi connectivity index (χ2v) is 6.48. The number of carboxylic acids is 2. The third-order valence-corrected chi connectivity index (χ3v) is 3.55. The van der Waals surface area contributed by atoms with E-state index in [0.29, 0.717) is 12.8 Å². The van der Waals surface area contributed by atoms with Crippen molar-refractivity contribution in [3.05, 3.63) is 24.3 Å². The molecule has 174 valence electrons. The zero-order chi connectivity index (χ0) is 24.0. The van der Waals surface area contributed by atoms with Crippen LogP contribution in [0.25, 0.3) is 0 Å². The minimum atomic E-state index is -1.10. The second-order valence-electron chi connectivity index (χ2n) is 6.48. The molecule has 0 radical (unpaired) electrons. The number of aliphatic carboxylic acids is 2. The largest absolute Gasteiger partial charge is 0.478 e. The maximum atomic E-state index is 9.60. The van der Waals surface area contributed by atoms with Crippen LogP contribution in [0.5, 0.6) is 0 Å². The van der Waals surface area contributed by atoms with Crippen molar-refractivity contribution in [2.75, 3.05) is 19.8 Å². The molecule has 0 heterocycles. The molecule has 0 aromatic carbocycles. The number of hydrogen-bond acceptors (Lipinski definition) is 7.